The molecule has 18 heavy (non-hydrogen) atoms. The van der Waals surface area contributed by atoms with Crippen LogP contribution in [0.5, 0.6) is 0 Å². The van der Waals surface area contributed by atoms with Crippen LogP contribution in [0.4, 0.5) is 4.79 Å². The van der Waals surface area contributed by atoms with Crippen molar-refractivity contribution in [2.45, 2.75) is 39.8 Å². The number of aliphatic hydroxyl groups is 1. The van der Waals surface area contributed by atoms with Gasteiger partial charge in [0.15, 0.2) is 0 Å². The van der Waals surface area contributed by atoms with Crippen molar-refractivity contribution in [1.29, 1.82) is 0 Å². The molecule has 0 spiro atoms. The van der Waals surface area contributed by atoms with Crippen LogP contribution in [0.1, 0.15) is 36.6 Å². The molecule has 0 bridgehead atoms. The average molecular weight is 251 g/mol. The third-order valence-electron chi connectivity index (χ3n) is 2.97. The fraction of sp³-hybridized carbons (Fsp3) is 0.500. The molecule has 1 aromatic carbocycles. The first-order valence-electron chi connectivity index (χ1n) is 6.14. The highest BCUT2D eigenvalue weighted by molar-refractivity contribution is 5.67. The summed E-state index contributed by atoms with van der Waals surface area (Å²) in [6, 6.07) is 5.37. The van der Waals surface area contributed by atoms with Crippen molar-refractivity contribution in [3.05, 3.63) is 34.9 Å². The smallest absolute Gasteiger partial charge is 0.407 e. The second-order valence-corrected chi connectivity index (χ2v) is 4.44. The van der Waals surface area contributed by atoms with Gasteiger partial charge in [0.2, 0.25) is 0 Å². The van der Waals surface area contributed by atoms with Gasteiger partial charge in [-0.15, -0.1) is 0 Å². The van der Waals surface area contributed by atoms with Gasteiger partial charge in [0.05, 0.1) is 18.8 Å². The van der Waals surface area contributed by atoms with E-state index in [0.29, 0.717) is 6.61 Å². The Morgan fingerprint density at radius 1 is 1.39 bits per heavy atom. The third-order valence-corrected chi connectivity index (χ3v) is 2.97. The van der Waals surface area contributed by atoms with Crippen molar-refractivity contribution in [2.75, 3.05) is 6.61 Å². The molecule has 1 amide bonds. The summed E-state index contributed by atoms with van der Waals surface area (Å²) in [7, 11) is 0. The van der Waals surface area contributed by atoms with Crippen molar-refractivity contribution in [3.63, 3.8) is 0 Å². The van der Waals surface area contributed by atoms with E-state index in [1.807, 2.05) is 32.0 Å². The van der Waals surface area contributed by atoms with Gasteiger partial charge in [-0.2, -0.15) is 0 Å². The average Bonchev–Trinajstić information content (AvgIpc) is 2.32. The molecule has 0 fully saturated rings. The number of rotatable bonds is 4. The maximum atomic E-state index is 11.3. The third kappa shape index (κ3) is 3.74. The van der Waals surface area contributed by atoms with Crippen LogP contribution in [0.15, 0.2) is 18.2 Å². The minimum Gasteiger partial charge on any atom is -0.450 e. The zero-order valence-electron chi connectivity index (χ0n) is 11.4. The second kappa shape index (κ2) is 6.40. The first-order valence-corrected chi connectivity index (χ1v) is 6.14. The molecule has 2 N–H and O–H groups in total. The molecular weight excluding hydrogens is 230 g/mol. The minimum absolute atomic E-state index is 0.318. The van der Waals surface area contributed by atoms with Crippen LogP contribution >= 0.6 is 0 Å². The molecule has 0 saturated carbocycles. The molecule has 0 aliphatic heterocycles. The van der Waals surface area contributed by atoms with Crippen LogP contribution in [0.25, 0.3) is 0 Å². The lowest BCUT2D eigenvalue weighted by Gasteiger charge is -2.21. The van der Waals surface area contributed by atoms with Gasteiger partial charge in [0.25, 0.3) is 0 Å². The van der Waals surface area contributed by atoms with Crippen molar-refractivity contribution in [2.24, 2.45) is 0 Å². The molecule has 2 atom stereocenters. The highest BCUT2D eigenvalue weighted by Crippen LogP contribution is 2.19. The van der Waals surface area contributed by atoms with E-state index in [1.54, 1.807) is 13.8 Å². The quantitative estimate of drug-likeness (QED) is 0.864. The van der Waals surface area contributed by atoms with Crippen molar-refractivity contribution >= 4 is 6.09 Å². The number of benzene rings is 1. The molecule has 1 aromatic rings. The summed E-state index contributed by atoms with van der Waals surface area (Å²) < 4.78 is 4.78. The Hall–Kier alpha value is -1.55. The Kier molecular flexibility index (Phi) is 5.16. The molecule has 0 aliphatic carbocycles. The largest absolute Gasteiger partial charge is 0.450 e. The fourth-order valence-electron chi connectivity index (χ4n) is 1.67. The van der Waals surface area contributed by atoms with Gasteiger partial charge in [-0.1, -0.05) is 18.2 Å². The molecule has 4 nitrogen and oxygen atoms in total. The first-order chi connectivity index (χ1) is 8.45. The van der Waals surface area contributed by atoms with E-state index < -0.39 is 18.2 Å². The van der Waals surface area contributed by atoms with Crippen LogP contribution < -0.4 is 5.32 Å². The Balaban J connectivity index is 2.70. The lowest BCUT2D eigenvalue weighted by molar-refractivity contribution is 0.113. The monoisotopic (exact) mass is 251 g/mol. The van der Waals surface area contributed by atoms with Gasteiger partial charge in [-0.3, -0.25) is 0 Å². The summed E-state index contributed by atoms with van der Waals surface area (Å²) in [6.07, 6.45) is -1.25. The number of nitrogens with one attached hydrogen (secondary N) is 1. The molecular formula is C14H21NO3. The Labute approximate surface area is 108 Å². The number of carbonyl (C=O) groups is 1. The van der Waals surface area contributed by atoms with Gasteiger partial charge in [-0.05, 0) is 44.4 Å². The van der Waals surface area contributed by atoms with Crippen LogP contribution in [0.2, 0.25) is 0 Å². The topological polar surface area (TPSA) is 58.6 Å². The Morgan fingerprint density at radius 3 is 2.61 bits per heavy atom. The lowest BCUT2D eigenvalue weighted by Crippen LogP contribution is -2.37. The molecule has 0 radical (unpaired) electrons. The second-order valence-electron chi connectivity index (χ2n) is 4.44. The number of ether oxygens (including phenoxy) is 1. The number of alkyl carbamates (subject to hydrolysis) is 1. The van der Waals surface area contributed by atoms with Crippen LogP contribution in [0.3, 0.4) is 0 Å². The summed E-state index contributed by atoms with van der Waals surface area (Å²) >= 11 is 0. The number of hydrogen-bond acceptors (Lipinski definition) is 3. The first kappa shape index (κ1) is 14.5. The van der Waals surface area contributed by atoms with Gasteiger partial charge >= 0.3 is 6.09 Å². The highest BCUT2D eigenvalue weighted by atomic mass is 16.5. The van der Waals surface area contributed by atoms with Gasteiger partial charge < -0.3 is 15.2 Å². The van der Waals surface area contributed by atoms with Crippen molar-refractivity contribution in [1.82, 2.24) is 5.32 Å². The van der Waals surface area contributed by atoms with E-state index >= 15 is 0 Å². The number of aliphatic hydroxyl groups excluding tert-OH is 1. The minimum atomic E-state index is -0.742. The molecule has 0 aromatic heterocycles. The van der Waals surface area contributed by atoms with Crippen LogP contribution in [0, 0.1) is 13.8 Å². The standard InChI is InChI=1S/C14H21NO3/c1-5-18-14(17)15-11(4)13(16)12-7-6-9(2)10(3)8-12/h6-8,11,13,16H,5H2,1-4H3,(H,15,17). The SMILES string of the molecule is CCOC(=O)NC(C)C(O)c1ccc(C)c(C)c1. The highest BCUT2D eigenvalue weighted by Gasteiger charge is 2.19. The van der Waals surface area contributed by atoms with E-state index in [0.717, 1.165) is 11.1 Å². The van der Waals surface area contributed by atoms with Crippen LogP contribution in [-0.2, 0) is 4.74 Å². The zero-order chi connectivity index (χ0) is 13.7. The van der Waals surface area contributed by atoms with Gasteiger partial charge in [-0.25, -0.2) is 4.79 Å². The number of carbonyl (C=O) groups excluding carboxylic acids is 1. The van der Waals surface area contributed by atoms with E-state index in [9.17, 15) is 9.90 Å². The van der Waals surface area contributed by atoms with E-state index in [2.05, 4.69) is 5.32 Å². The molecule has 0 heterocycles. The molecule has 0 aliphatic rings. The molecule has 4 heteroatoms. The van der Waals surface area contributed by atoms with Gasteiger partial charge in [0.1, 0.15) is 0 Å². The maximum Gasteiger partial charge on any atom is 0.407 e. The fourth-order valence-corrected chi connectivity index (χ4v) is 1.67. The van der Waals surface area contributed by atoms with E-state index in [1.165, 1.54) is 5.56 Å². The normalized spacial score (nSPS) is 13.8. The maximum absolute atomic E-state index is 11.3. The van der Waals surface area contributed by atoms with Crippen molar-refractivity contribution in [3.8, 4) is 0 Å². The van der Waals surface area contributed by atoms with Gasteiger partial charge in [0, 0.05) is 0 Å². The lowest BCUT2D eigenvalue weighted by atomic mass is 9.99. The summed E-state index contributed by atoms with van der Waals surface area (Å²) in [5.74, 6) is 0. The van der Waals surface area contributed by atoms with Crippen molar-refractivity contribution < 1.29 is 14.6 Å². The predicted molar refractivity (Wildman–Crippen MR) is 70.5 cm³/mol. The summed E-state index contributed by atoms with van der Waals surface area (Å²) in [5.41, 5.74) is 3.09. The molecule has 2 unspecified atom stereocenters. The van der Waals surface area contributed by atoms with Crippen LogP contribution in [-0.4, -0.2) is 23.8 Å². The Bertz CT molecular complexity index is 418. The summed E-state index contributed by atoms with van der Waals surface area (Å²) in [4.78, 5) is 11.3. The molecule has 100 valence electrons. The van der Waals surface area contributed by atoms with E-state index in [-0.39, 0.29) is 0 Å². The number of hydrogen-bond donors (Lipinski definition) is 2. The predicted octanol–water partition coefficient (Wildman–Crippen LogP) is 2.47. The molecule has 0 saturated heterocycles. The number of amides is 1. The Morgan fingerprint density at radius 2 is 2.06 bits per heavy atom. The van der Waals surface area contributed by atoms with E-state index in [4.69, 9.17) is 4.74 Å². The molecule has 1 rings (SSSR count). The zero-order valence-corrected chi connectivity index (χ0v) is 11.4. The summed E-state index contributed by atoms with van der Waals surface area (Å²) in [5, 5.41) is 12.8. The number of aryl methyl sites for hydroxylation is 2. The summed E-state index contributed by atoms with van der Waals surface area (Å²) in [6.45, 7) is 7.82.